The van der Waals surface area contributed by atoms with E-state index in [1.807, 2.05) is 0 Å². The zero-order chi connectivity index (χ0) is 42.5. The monoisotopic (exact) mass is 853 g/mol. The van der Waals surface area contributed by atoms with Gasteiger partial charge in [0, 0.05) is 13.0 Å². The number of hydrogen-bond acceptors (Lipinski definition) is 11. The first-order chi connectivity index (χ1) is 28.1. The lowest BCUT2D eigenvalue weighted by Crippen LogP contribution is -2.60. The highest BCUT2D eigenvalue weighted by molar-refractivity contribution is 7.80. The van der Waals surface area contributed by atoms with Crippen molar-refractivity contribution >= 4 is 16.4 Å². The van der Waals surface area contributed by atoms with Crippen LogP contribution in [0.2, 0.25) is 0 Å². The number of hydrogen-bond donors (Lipinski definition) is 4. The summed E-state index contributed by atoms with van der Waals surface area (Å²) in [7, 11) is -5.06. The van der Waals surface area contributed by atoms with Gasteiger partial charge in [-0.05, 0) is 12.8 Å². The lowest BCUT2D eigenvalue weighted by Gasteiger charge is -2.41. The molecule has 1 aliphatic rings. The number of unbranched alkanes of at least 4 members (excludes halogenated alkanes) is 29. The van der Waals surface area contributed by atoms with Crippen LogP contribution in [0.3, 0.4) is 0 Å². The zero-order valence-electron chi connectivity index (χ0n) is 36.9. The van der Waals surface area contributed by atoms with Gasteiger partial charge >= 0.3 is 16.4 Å². The van der Waals surface area contributed by atoms with Crippen molar-refractivity contribution in [3.05, 3.63) is 0 Å². The first-order valence-electron chi connectivity index (χ1n) is 23.8. The minimum Gasteiger partial charge on any atom is -0.457 e. The first-order valence-corrected chi connectivity index (χ1v) is 25.2. The van der Waals surface area contributed by atoms with Gasteiger partial charge in [-0.2, -0.15) is 8.42 Å². The molecular weight excluding hydrogens is 765 g/mol. The number of rotatable bonds is 42. The Kier molecular flexibility index (Phi) is 35.9. The van der Waals surface area contributed by atoms with E-state index in [-0.39, 0.29) is 19.6 Å². The molecule has 0 radical (unpaired) electrons. The maximum atomic E-state index is 12.8. The quantitative estimate of drug-likeness (QED) is 0.0260. The van der Waals surface area contributed by atoms with Gasteiger partial charge in [-0.15, -0.1) is 0 Å². The molecule has 0 saturated carbocycles. The highest BCUT2D eigenvalue weighted by Crippen LogP contribution is 2.26. The molecule has 1 aliphatic heterocycles. The van der Waals surface area contributed by atoms with E-state index >= 15 is 0 Å². The molecule has 6 atom stereocenters. The summed E-state index contributed by atoms with van der Waals surface area (Å²) >= 11 is 0. The molecule has 0 aromatic rings. The Balaban J connectivity index is 2.37. The number of ether oxygens (including phenoxy) is 4. The van der Waals surface area contributed by atoms with Crippen molar-refractivity contribution in [3.8, 4) is 0 Å². The van der Waals surface area contributed by atoms with Crippen molar-refractivity contribution in [2.75, 3.05) is 26.4 Å². The smallest absolute Gasteiger partial charge is 0.397 e. The van der Waals surface area contributed by atoms with Gasteiger partial charge in [-0.1, -0.05) is 200 Å². The van der Waals surface area contributed by atoms with Gasteiger partial charge in [0.05, 0.1) is 19.8 Å². The lowest BCUT2D eigenvalue weighted by molar-refractivity contribution is -0.301. The number of aliphatic hydroxyl groups is 3. The van der Waals surface area contributed by atoms with Crippen LogP contribution in [-0.2, 0) is 38.3 Å². The molecule has 1 heterocycles. The maximum Gasteiger partial charge on any atom is 0.397 e. The average molecular weight is 853 g/mol. The molecule has 0 bridgehead atoms. The molecule has 13 heteroatoms. The van der Waals surface area contributed by atoms with Crippen molar-refractivity contribution in [1.82, 2.24) is 0 Å². The summed E-state index contributed by atoms with van der Waals surface area (Å²) in [6.45, 7) is 4.03. The van der Waals surface area contributed by atoms with Crippen LogP contribution >= 0.6 is 0 Å². The fourth-order valence-electron chi connectivity index (χ4n) is 7.62. The van der Waals surface area contributed by atoms with Crippen molar-refractivity contribution in [2.24, 2.45) is 0 Å². The third kappa shape index (κ3) is 31.0. The molecule has 1 rings (SSSR count). The van der Waals surface area contributed by atoms with E-state index in [0.29, 0.717) is 13.0 Å². The van der Waals surface area contributed by atoms with Gasteiger partial charge in [0.2, 0.25) is 0 Å². The molecule has 1 saturated heterocycles. The molecule has 0 aromatic heterocycles. The summed E-state index contributed by atoms with van der Waals surface area (Å²) in [6, 6.07) is 0. The van der Waals surface area contributed by atoms with Gasteiger partial charge in [-0.3, -0.25) is 9.35 Å². The van der Waals surface area contributed by atoms with Crippen LogP contribution in [0.15, 0.2) is 0 Å². The summed E-state index contributed by atoms with van der Waals surface area (Å²) in [5.41, 5.74) is 0. The van der Waals surface area contributed by atoms with Crippen LogP contribution in [-0.4, -0.2) is 97.5 Å². The van der Waals surface area contributed by atoms with E-state index < -0.39 is 59.8 Å². The fraction of sp³-hybridized carbons (Fsp3) is 0.978. The topological polar surface area (TPSA) is 178 Å². The minimum atomic E-state index is -5.06. The summed E-state index contributed by atoms with van der Waals surface area (Å²) in [5, 5.41) is 30.7. The summed E-state index contributed by atoms with van der Waals surface area (Å²) in [5.74, 6) is -0.394. The summed E-state index contributed by atoms with van der Waals surface area (Å²) < 4.78 is 59.1. The van der Waals surface area contributed by atoms with Crippen LogP contribution < -0.4 is 0 Å². The maximum absolute atomic E-state index is 12.8. The normalized spacial score (nSPS) is 20.4. The molecule has 0 amide bonds. The molecular formula is C45H88O12S. The lowest BCUT2D eigenvalue weighted by atomic mass is 9.99. The second-order valence-corrected chi connectivity index (χ2v) is 17.8. The van der Waals surface area contributed by atoms with Crippen molar-refractivity contribution in [1.29, 1.82) is 0 Å². The second kappa shape index (κ2) is 37.8. The van der Waals surface area contributed by atoms with Gasteiger partial charge in [0.15, 0.2) is 6.29 Å². The molecule has 0 aromatic carbocycles. The standard InChI is InChI=1S/C45H88O12S/c1-3-5-7-9-11-13-15-17-18-19-20-21-23-25-27-29-31-33-35-53-37-39(38-54-45-43(49)44(57-58(50,51)52)42(48)40(36-46)56-45)55-41(47)34-32-30-28-26-24-22-16-14-12-10-8-6-4-2/h39-40,42-46,48-49H,3-38H2,1-2H3,(H,50,51,52). The van der Waals surface area contributed by atoms with Crippen LogP contribution in [0.1, 0.15) is 219 Å². The third-order valence-corrected chi connectivity index (χ3v) is 11.7. The number of esters is 1. The molecule has 1 fully saturated rings. The molecule has 0 spiro atoms. The first kappa shape index (κ1) is 55.1. The number of carbonyl (C=O) groups excluding carboxylic acids is 1. The number of aliphatic hydroxyl groups excluding tert-OH is 3. The Labute approximate surface area is 354 Å². The fourth-order valence-corrected chi connectivity index (χ4v) is 8.12. The average Bonchev–Trinajstić information content (AvgIpc) is 3.19. The number of carbonyl (C=O) groups is 1. The van der Waals surface area contributed by atoms with Crippen LogP contribution in [0, 0.1) is 0 Å². The minimum absolute atomic E-state index is 0.0448. The summed E-state index contributed by atoms with van der Waals surface area (Å²) in [4.78, 5) is 12.8. The second-order valence-electron chi connectivity index (χ2n) is 16.7. The Bertz CT molecular complexity index is 1030. The van der Waals surface area contributed by atoms with Gasteiger partial charge in [-0.25, -0.2) is 4.18 Å². The van der Waals surface area contributed by atoms with E-state index in [9.17, 15) is 28.5 Å². The van der Waals surface area contributed by atoms with Crippen LogP contribution in [0.5, 0.6) is 0 Å². The largest absolute Gasteiger partial charge is 0.457 e. The predicted molar refractivity (Wildman–Crippen MR) is 230 cm³/mol. The molecule has 4 N–H and O–H groups in total. The van der Waals surface area contributed by atoms with Gasteiger partial charge in [0.1, 0.15) is 30.5 Å². The van der Waals surface area contributed by atoms with Gasteiger partial charge < -0.3 is 34.3 Å². The Morgan fingerprint density at radius 1 is 0.586 bits per heavy atom. The highest BCUT2D eigenvalue weighted by atomic mass is 32.3. The zero-order valence-corrected chi connectivity index (χ0v) is 37.7. The predicted octanol–water partition coefficient (Wildman–Crippen LogP) is 10.1. The highest BCUT2D eigenvalue weighted by Gasteiger charge is 2.48. The van der Waals surface area contributed by atoms with Crippen LogP contribution in [0.4, 0.5) is 0 Å². The molecule has 6 unspecified atom stereocenters. The third-order valence-electron chi connectivity index (χ3n) is 11.2. The Morgan fingerprint density at radius 2 is 0.983 bits per heavy atom. The Morgan fingerprint density at radius 3 is 1.38 bits per heavy atom. The Hall–Kier alpha value is -0.900. The molecule has 0 aliphatic carbocycles. The SMILES string of the molecule is CCCCCCCCCCCCCCCCCCCCOCC(COC1OC(CO)C(O)C(OS(=O)(=O)O)C1O)OC(=O)CCCCCCCCCCCCCCC. The van der Waals surface area contributed by atoms with Crippen molar-refractivity contribution in [2.45, 2.75) is 256 Å². The summed E-state index contributed by atoms with van der Waals surface area (Å²) in [6.07, 6.45) is 29.9. The molecule has 12 nitrogen and oxygen atoms in total. The van der Waals surface area contributed by atoms with E-state index in [0.717, 1.165) is 38.5 Å². The van der Waals surface area contributed by atoms with E-state index in [2.05, 4.69) is 18.0 Å². The van der Waals surface area contributed by atoms with Crippen molar-refractivity contribution < 1.29 is 56.2 Å². The van der Waals surface area contributed by atoms with E-state index in [1.165, 1.54) is 154 Å². The molecule has 58 heavy (non-hydrogen) atoms. The molecule has 346 valence electrons. The van der Waals surface area contributed by atoms with E-state index in [1.54, 1.807) is 0 Å². The van der Waals surface area contributed by atoms with Crippen LogP contribution in [0.25, 0.3) is 0 Å². The van der Waals surface area contributed by atoms with Crippen molar-refractivity contribution in [3.63, 3.8) is 0 Å². The van der Waals surface area contributed by atoms with Gasteiger partial charge in [0.25, 0.3) is 0 Å². The van der Waals surface area contributed by atoms with E-state index in [4.69, 9.17) is 23.5 Å².